The molecule has 10 nitrogen and oxygen atoms in total. The van der Waals surface area contributed by atoms with Crippen molar-refractivity contribution >= 4 is 28.6 Å². The highest BCUT2D eigenvalue weighted by Crippen LogP contribution is 2.24. The maximum absolute atomic E-state index is 5.27. The lowest BCUT2D eigenvalue weighted by Gasteiger charge is -2.33. The molecule has 178 valence electrons. The maximum Gasteiger partial charge on any atom is 0.228 e. The van der Waals surface area contributed by atoms with Gasteiger partial charge in [0.2, 0.25) is 5.95 Å². The van der Waals surface area contributed by atoms with E-state index in [-0.39, 0.29) is 0 Å². The van der Waals surface area contributed by atoms with Gasteiger partial charge in [-0.3, -0.25) is 4.90 Å². The van der Waals surface area contributed by atoms with E-state index in [0.717, 1.165) is 74.3 Å². The lowest BCUT2D eigenvalue weighted by molar-refractivity contribution is 0.192. The van der Waals surface area contributed by atoms with Gasteiger partial charge in [-0.15, -0.1) is 0 Å². The molecule has 0 aromatic carbocycles. The highest BCUT2D eigenvalue weighted by Gasteiger charge is 2.17. The van der Waals surface area contributed by atoms with Gasteiger partial charge < -0.3 is 24.8 Å². The Morgan fingerprint density at radius 1 is 1.18 bits per heavy atom. The Hall–Kier alpha value is -2.82. The molecule has 1 aliphatic rings. The van der Waals surface area contributed by atoms with Crippen molar-refractivity contribution < 1.29 is 4.74 Å². The number of imidazole rings is 1. The van der Waals surface area contributed by atoms with Crippen LogP contribution >= 0.6 is 0 Å². The lowest BCUT2D eigenvalue weighted by atomic mass is 10.3. The van der Waals surface area contributed by atoms with Crippen LogP contribution in [0.5, 0.6) is 0 Å². The van der Waals surface area contributed by atoms with Gasteiger partial charge in [-0.25, -0.2) is 15.0 Å². The number of pyridine rings is 1. The van der Waals surface area contributed by atoms with Crippen LogP contribution in [-0.2, 0) is 4.74 Å². The van der Waals surface area contributed by atoms with Gasteiger partial charge in [0.05, 0.1) is 18.4 Å². The van der Waals surface area contributed by atoms with Crippen LogP contribution in [0.3, 0.4) is 0 Å². The van der Waals surface area contributed by atoms with Gasteiger partial charge in [-0.1, -0.05) is 0 Å². The van der Waals surface area contributed by atoms with Crippen LogP contribution in [0.1, 0.15) is 32.1 Å². The number of nitrogens with zero attached hydrogens (tertiary/aromatic N) is 7. The molecule has 0 amide bonds. The van der Waals surface area contributed by atoms with Gasteiger partial charge in [0, 0.05) is 64.7 Å². The van der Waals surface area contributed by atoms with Crippen LogP contribution < -0.4 is 15.5 Å². The summed E-state index contributed by atoms with van der Waals surface area (Å²) in [5, 5.41) is 6.77. The van der Waals surface area contributed by atoms with E-state index < -0.39 is 0 Å². The predicted molar refractivity (Wildman–Crippen MR) is 131 cm³/mol. The van der Waals surface area contributed by atoms with Gasteiger partial charge in [0.1, 0.15) is 23.0 Å². The number of hydrogen-bond donors (Lipinski definition) is 2. The summed E-state index contributed by atoms with van der Waals surface area (Å²) in [7, 11) is 1.73. The Labute approximate surface area is 195 Å². The predicted octanol–water partition coefficient (Wildman–Crippen LogP) is 2.56. The molecular formula is C23H35N9O. The first kappa shape index (κ1) is 23.3. The number of nitrogens with one attached hydrogen (secondary N) is 2. The molecule has 0 radical (unpaired) electrons. The first-order valence-electron chi connectivity index (χ1n) is 11.7. The molecule has 1 saturated heterocycles. The maximum atomic E-state index is 5.27. The molecule has 0 aliphatic carbocycles. The fraction of sp³-hybridized carbons (Fsp3) is 0.565. The zero-order valence-electron chi connectivity index (χ0n) is 20.1. The SMILES string of the molecule is COCCCN(CN1CCNCC1)c1nccc(Nc2cc3c(cn2)nc(C)n3C(C)C)n1. The minimum atomic E-state index is 0.321. The molecule has 0 bridgehead atoms. The Kier molecular flexibility index (Phi) is 7.69. The number of hydrogen-bond acceptors (Lipinski definition) is 9. The fourth-order valence-corrected chi connectivity index (χ4v) is 4.27. The van der Waals surface area contributed by atoms with Crippen molar-refractivity contribution in [3.8, 4) is 0 Å². The molecule has 3 aromatic rings. The second-order valence-corrected chi connectivity index (χ2v) is 8.67. The molecular weight excluding hydrogens is 418 g/mol. The average molecular weight is 454 g/mol. The number of fused-ring (bicyclic) bond motifs is 1. The van der Waals surface area contributed by atoms with Crippen molar-refractivity contribution in [1.82, 2.24) is 34.7 Å². The van der Waals surface area contributed by atoms with E-state index in [1.54, 1.807) is 13.3 Å². The Bertz CT molecular complexity index is 1050. The van der Waals surface area contributed by atoms with E-state index in [1.165, 1.54) is 0 Å². The van der Waals surface area contributed by atoms with E-state index in [1.807, 2.05) is 25.3 Å². The van der Waals surface area contributed by atoms with E-state index >= 15 is 0 Å². The summed E-state index contributed by atoms with van der Waals surface area (Å²) in [6.07, 6.45) is 4.53. The van der Waals surface area contributed by atoms with E-state index in [2.05, 4.69) is 53.8 Å². The third kappa shape index (κ3) is 5.76. The molecule has 3 aromatic heterocycles. The molecule has 4 rings (SSSR count). The summed E-state index contributed by atoms with van der Waals surface area (Å²) in [6.45, 7) is 12.7. The minimum Gasteiger partial charge on any atom is -0.385 e. The van der Waals surface area contributed by atoms with Crippen molar-refractivity contribution in [2.45, 2.75) is 33.2 Å². The Balaban J connectivity index is 1.54. The molecule has 0 unspecified atom stereocenters. The van der Waals surface area contributed by atoms with Crippen molar-refractivity contribution in [3.63, 3.8) is 0 Å². The van der Waals surface area contributed by atoms with E-state index in [0.29, 0.717) is 18.6 Å². The molecule has 2 N–H and O–H groups in total. The number of aryl methyl sites for hydroxylation is 1. The molecule has 1 fully saturated rings. The third-order valence-electron chi connectivity index (χ3n) is 5.81. The topological polar surface area (TPSA) is 96.3 Å². The first-order chi connectivity index (χ1) is 16.0. The molecule has 33 heavy (non-hydrogen) atoms. The summed E-state index contributed by atoms with van der Waals surface area (Å²) >= 11 is 0. The van der Waals surface area contributed by atoms with Crippen LogP contribution in [0.15, 0.2) is 24.5 Å². The number of ether oxygens (including phenoxy) is 1. The number of piperazine rings is 1. The summed E-state index contributed by atoms with van der Waals surface area (Å²) in [4.78, 5) is 23.2. The number of methoxy groups -OCH3 is 1. The van der Waals surface area contributed by atoms with E-state index in [9.17, 15) is 0 Å². The van der Waals surface area contributed by atoms with Gasteiger partial charge in [0.25, 0.3) is 0 Å². The van der Waals surface area contributed by atoms with Crippen molar-refractivity contribution in [3.05, 3.63) is 30.4 Å². The first-order valence-corrected chi connectivity index (χ1v) is 11.7. The van der Waals surface area contributed by atoms with Gasteiger partial charge in [-0.05, 0) is 33.3 Å². The quantitative estimate of drug-likeness (QED) is 0.449. The van der Waals surface area contributed by atoms with Gasteiger partial charge in [0.15, 0.2) is 0 Å². The zero-order chi connectivity index (χ0) is 23.2. The molecule has 0 atom stereocenters. The van der Waals surface area contributed by atoms with Crippen LogP contribution in [0, 0.1) is 6.92 Å². The molecule has 0 saturated carbocycles. The summed E-state index contributed by atoms with van der Waals surface area (Å²) < 4.78 is 7.49. The second-order valence-electron chi connectivity index (χ2n) is 8.67. The largest absolute Gasteiger partial charge is 0.385 e. The minimum absolute atomic E-state index is 0.321. The fourth-order valence-electron chi connectivity index (χ4n) is 4.27. The average Bonchev–Trinajstić information content (AvgIpc) is 3.14. The smallest absolute Gasteiger partial charge is 0.228 e. The highest BCUT2D eigenvalue weighted by atomic mass is 16.5. The molecule has 4 heterocycles. The highest BCUT2D eigenvalue weighted by molar-refractivity contribution is 5.79. The van der Waals surface area contributed by atoms with Crippen molar-refractivity contribution in [1.29, 1.82) is 0 Å². The van der Waals surface area contributed by atoms with Crippen molar-refractivity contribution in [2.24, 2.45) is 0 Å². The Morgan fingerprint density at radius 3 is 2.76 bits per heavy atom. The monoisotopic (exact) mass is 453 g/mol. The summed E-state index contributed by atoms with van der Waals surface area (Å²) in [6, 6.07) is 4.23. The van der Waals surface area contributed by atoms with Crippen LogP contribution in [0.4, 0.5) is 17.6 Å². The standard InChI is InChI=1S/C23H35N9O/c1-17(2)32-18(3)27-19-15-26-22(14-20(19)32)28-21-6-7-25-23(29-21)31(10-5-13-33-4)16-30-11-8-24-9-12-30/h6-7,14-15,17,24H,5,8-13,16H2,1-4H3,(H,25,26,28,29). The molecule has 10 heteroatoms. The van der Waals surface area contributed by atoms with Crippen LogP contribution in [-0.4, -0.2) is 82.5 Å². The number of rotatable bonds is 10. The van der Waals surface area contributed by atoms with Gasteiger partial charge >= 0.3 is 0 Å². The second kappa shape index (κ2) is 10.9. The Morgan fingerprint density at radius 2 is 2.00 bits per heavy atom. The number of anilines is 3. The third-order valence-corrected chi connectivity index (χ3v) is 5.81. The zero-order valence-corrected chi connectivity index (χ0v) is 20.1. The normalized spacial score (nSPS) is 14.8. The molecule has 1 aliphatic heterocycles. The summed E-state index contributed by atoms with van der Waals surface area (Å²) in [5.74, 6) is 3.15. The van der Waals surface area contributed by atoms with E-state index in [4.69, 9.17) is 9.72 Å². The number of aromatic nitrogens is 5. The van der Waals surface area contributed by atoms with Gasteiger partial charge in [-0.2, -0.15) is 4.98 Å². The van der Waals surface area contributed by atoms with Crippen molar-refractivity contribution in [2.75, 3.05) is 63.3 Å². The van der Waals surface area contributed by atoms with Crippen LogP contribution in [0.2, 0.25) is 0 Å². The van der Waals surface area contributed by atoms with Crippen LogP contribution in [0.25, 0.3) is 11.0 Å². The lowest BCUT2D eigenvalue weighted by Crippen LogP contribution is -2.49. The molecule has 0 spiro atoms. The summed E-state index contributed by atoms with van der Waals surface area (Å²) in [5.41, 5.74) is 1.96.